The molecule has 3 rings (SSSR count). The van der Waals surface area contributed by atoms with Crippen molar-refractivity contribution in [3.05, 3.63) is 29.8 Å². The molecular formula is C18H27N3O4S. The van der Waals surface area contributed by atoms with Crippen molar-refractivity contribution in [1.82, 2.24) is 15.4 Å². The van der Waals surface area contributed by atoms with Gasteiger partial charge < -0.3 is 15.4 Å². The van der Waals surface area contributed by atoms with Crippen molar-refractivity contribution >= 4 is 16.1 Å². The Bertz CT molecular complexity index is 745. The third-order valence-corrected chi connectivity index (χ3v) is 5.77. The van der Waals surface area contributed by atoms with Gasteiger partial charge in [0, 0.05) is 25.1 Å². The summed E-state index contributed by atoms with van der Waals surface area (Å²) in [6.45, 7) is 0.398. The zero-order valence-corrected chi connectivity index (χ0v) is 15.9. The minimum Gasteiger partial charge on any atom is -0.487 e. The van der Waals surface area contributed by atoms with Crippen LogP contribution in [0.15, 0.2) is 24.3 Å². The fourth-order valence-electron chi connectivity index (χ4n) is 3.87. The minimum atomic E-state index is -3.25. The molecule has 0 bridgehead atoms. The summed E-state index contributed by atoms with van der Waals surface area (Å²) in [6, 6.07) is 7.45. The SMILES string of the molecule is CS(=O)(=O)NCCNC(=O)N[C@@H]1CC2(CCCCC2)Oc2ccccc21. The molecule has 8 heteroatoms. The lowest BCUT2D eigenvalue weighted by Crippen LogP contribution is -2.48. The quantitative estimate of drug-likeness (QED) is 0.680. The number of carbonyl (C=O) groups is 1. The van der Waals surface area contributed by atoms with Crippen molar-refractivity contribution in [2.45, 2.75) is 50.2 Å². The van der Waals surface area contributed by atoms with Gasteiger partial charge in [-0.2, -0.15) is 0 Å². The lowest BCUT2D eigenvalue weighted by molar-refractivity contribution is -0.00118. The van der Waals surface area contributed by atoms with Gasteiger partial charge in [0.2, 0.25) is 10.0 Å². The number of para-hydroxylation sites is 1. The molecule has 2 aliphatic rings. The molecule has 1 saturated carbocycles. The smallest absolute Gasteiger partial charge is 0.315 e. The fourth-order valence-corrected chi connectivity index (χ4v) is 4.34. The van der Waals surface area contributed by atoms with Crippen molar-refractivity contribution in [3.8, 4) is 5.75 Å². The Balaban J connectivity index is 1.63. The number of hydrogen-bond donors (Lipinski definition) is 3. The van der Waals surface area contributed by atoms with E-state index in [1.54, 1.807) is 0 Å². The summed E-state index contributed by atoms with van der Waals surface area (Å²) in [7, 11) is -3.25. The van der Waals surface area contributed by atoms with E-state index in [0.717, 1.165) is 49.7 Å². The summed E-state index contributed by atoms with van der Waals surface area (Å²) in [4.78, 5) is 12.3. The second kappa shape index (κ2) is 7.84. The van der Waals surface area contributed by atoms with Gasteiger partial charge >= 0.3 is 6.03 Å². The van der Waals surface area contributed by atoms with Crippen LogP contribution in [0.5, 0.6) is 5.75 Å². The zero-order chi connectivity index (χ0) is 18.6. The zero-order valence-electron chi connectivity index (χ0n) is 15.1. The van der Waals surface area contributed by atoms with E-state index in [4.69, 9.17) is 4.74 Å². The Labute approximate surface area is 154 Å². The van der Waals surface area contributed by atoms with Crippen LogP contribution in [0.3, 0.4) is 0 Å². The molecule has 1 atom stereocenters. The molecule has 1 heterocycles. The van der Waals surface area contributed by atoms with Crippen LogP contribution in [0, 0.1) is 0 Å². The molecule has 144 valence electrons. The largest absolute Gasteiger partial charge is 0.487 e. The van der Waals surface area contributed by atoms with Crippen molar-refractivity contribution in [2.24, 2.45) is 0 Å². The van der Waals surface area contributed by atoms with Gasteiger partial charge in [0.1, 0.15) is 11.4 Å². The minimum absolute atomic E-state index is 0.110. The van der Waals surface area contributed by atoms with Crippen LogP contribution in [0.4, 0.5) is 4.79 Å². The number of nitrogens with one attached hydrogen (secondary N) is 3. The third-order valence-electron chi connectivity index (χ3n) is 5.04. The highest BCUT2D eigenvalue weighted by Crippen LogP contribution is 2.45. The maximum atomic E-state index is 12.3. The van der Waals surface area contributed by atoms with E-state index in [2.05, 4.69) is 15.4 Å². The Kier molecular flexibility index (Phi) is 5.72. The lowest BCUT2D eigenvalue weighted by atomic mass is 9.77. The van der Waals surface area contributed by atoms with E-state index in [1.807, 2.05) is 24.3 Å². The summed E-state index contributed by atoms with van der Waals surface area (Å²) >= 11 is 0. The predicted octanol–water partition coefficient (Wildman–Crippen LogP) is 2.06. The van der Waals surface area contributed by atoms with Crippen LogP contribution in [-0.2, 0) is 10.0 Å². The summed E-state index contributed by atoms with van der Waals surface area (Å²) in [5, 5.41) is 5.74. The van der Waals surface area contributed by atoms with Gasteiger partial charge in [0.05, 0.1) is 12.3 Å². The summed E-state index contributed by atoms with van der Waals surface area (Å²) in [5.41, 5.74) is 0.802. The van der Waals surface area contributed by atoms with E-state index in [-0.39, 0.29) is 30.8 Å². The van der Waals surface area contributed by atoms with E-state index in [9.17, 15) is 13.2 Å². The molecule has 1 aromatic carbocycles. The Morgan fingerprint density at radius 3 is 2.65 bits per heavy atom. The number of sulfonamides is 1. The van der Waals surface area contributed by atoms with Gasteiger partial charge in [0.25, 0.3) is 0 Å². The van der Waals surface area contributed by atoms with Crippen molar-refractivity contribution in [3.63, 3.8) is 0 Å². The number of carbonyl (C=O) groups excluding carboxylic acids is 1. The van der Waals surface area contributed by atoms with Gasteiger partial charge in [-0.05, 0) is 31.7 Å². The number of hydrogen-bond acceptors (Lipinski definition) is 4. The molecule has 26 heavy (non-hydrogen) atoms. The van der Waals surface area contributed by atoms with Crippen LogP contribution in [-0.4, -0.2) is 39.4 Å². The molecule has 0 saturated heterocycles. The lowest BCUT2D eigenvalue weighted by Gasteiger charge is -2.44. The Hall–Kier alpha value is -1.80. The first-order valence-electron chi connectivity index (χ1n) is 9.14. The first-order valence-corrected chi connectivity index (χ1v) is 11.0. The van der Waals surface area contributed by atoms with Crippen LogP contribution in [0.1, 0.15) is 50.1 Å². The number of ether oxygens (including phenoxy) is 1. The topological polar surface area (TPSA) is 96.5 Å². The molecule has 0 unspecified atom stereocenters. The Morgan fingerprint density at radius 2 is 1.92 bits per heavy atom. The van der Waals surface area contributed by atoms with Crippen molar-refractivity contribution < 1.29 is 17.9 Å². The summed E-state index contributed by atoms with van der Waals surface area (Å²) in [6.07, 6.45) is 7.42. The highest BCUT2D eigenvalue weighted by molar-refractivity contribution is 7.88. The molecule has 1 fully saturated rings. The third kappa shape index (κ3) is 4.88. The number of benzene rings is 1. The van der Waals surface area contributed by atoms with Gasteiger partial charge in [-0.3, -0.25) is 0 Å². The van der Waals surface area contributed by atoms with Crippen LogP contribution < -0.4 is 20.1 Å². The van der Waals surface area contributed by atoms with Crippen LogP contribution in [0.2, 0.25) is 0 Å². The summed E-state index contributed by atoms with van der Waals surface area (Å²) in [5.74, 6) is 0.852. The molecule has 3 N–H and O–H groups in total. The highest BCUT2D eigenvalue weighted by atomic mass is 32.2. The normalized spacial score (nSPS) is 21.5. The molecule has 1 aliphatic carbocycles. The second-order valence-electron chi connectivity index (χ2n) is 7.21. The molecule has 1 aliphatic heterocycles. The number of rotatable bonds is 5. The van der Waals surface area contributed by atoms with Gasteiger partial charge in [-0.15, -0.1) is 0 Å². The molecule has 0 radical (unpaired) electrons. The van der Waals surface area contributed by atoms with Crippen LogP contribution >= 0.6 is 0 Å². The fraction of sp³-hybridized carbons (Fsp3) is 0.611. The number of fused-ring (bicyclic) bond motifs is 1. The highest BCUT2D eigenvalue weighted by Gasteiger charge is 2.42. The Morgan fingerprint density at radius 1 is 1.19 bits per heavy atom. The monoisotopic (exact) mass is 381 g/mol. The average molecular weight is 381 g/mol. The summed E-state index contributed by atoms with van der Waals surface area (Å²) < 4.78 is 30.8. The molecule has 2 amide bonds. The predicted molar refractivity (Wildman–Crippen MR) is 99.6 cm³/mol. The van der Waals surface area contributed by atoms with E-state index in [1.165, 1.54) is 6.42 Å². The number of urea groups is 1. The van der Waals surface area contributed by atoms with Gasteiger partial charge in [-0.1, -0.05) is 24.6 Å². The second-order valence-corrected chi connectivity index (χ2v) is 9.04. The van der Waals surface area contributed by atoms with E-state index < -0.39 is 10.0 Å². The van der Waals surface area contributed by atoms with Gasteiger partial charge in [-0.25, -0.2) is 17.9 Å². The molecule has 0 aromatic heterocycles. The molecule has 7 nitrogen and oxygen atoms in total. The molecular weight excluding hydrogens is 354 g/mol. The van der Waals surface area contributed by atoms with Crippen molar-refractivity contribution in [1.29, 1.82) is 0 Å². The molecule has 1 aromatic rings. The average Bonchev–Trinajstić information content (AvgIpc) is 2.58. The molecule has 1 spiro atoms. The van der Waals surface area contributed by atoms with E-state index >= 15 is 0 Å². The van der Waals surface area contributed by atoms with E-state index in [0.29, 0.717) is 0 Å². The number of amides is 2. The maximum Gasteiger partial charge on any atom is 0.315 e. The first-order chi connectivity index (χ1) is 12.4. The van der Waals surface area contributed by atoms with Gasteiger partial charge in [0.15, 0.2) is 0 Å². The van der Waals surface area contributed by atoms with Crippen LogP contribution in [0.25, 0.3) is 0 Å². The first kappa shape index (κ1) is 19.0. The standard InChI is InChI=1S/C18H27N3O4S/c1-26(23,24)20-12-11-19-17(22)21-15-13-18(9-5-2-6-10-18)25-16-8-4-3-7-14(15)16/h3-4,7-8,15,20H,2,5-6,9-13H2,1H3,(H2,19,21,22)/t15-/m1/s1. The maximum absolute atomic E-state index is 12.3. The van der Waals surface area contributed by atoms with Crippen molar-refractivity contribution in [2.75, 3.05) is 19.3 Å².